The summed E-state index contributed by atoms with van der Waals surface area (Å²) in [5.41, 5.74) is 2.09. The summed E-state index contributed by atoms with van der Waals surface area (Å²) in [7, 11) is 0. The van der Waals surface area contributed by atoms with Crippen molar-refractivity contribution in [2.75, 3.05) is 0 Å². The van der Waals surface area contributed by atoms with Crippen LogP contribution in [0.4, 0.5) is 0 Å². The molecule has 3 aromatic rings. The van der Waals surface area contributed by atoms with Gasteiger partial charge in [0.2, 0.25) is 0 Å². The van der Waals surface area contributed by atoms with Crippen molar-refractivity contribution >= 4 is 51.5 Å². The minimum atomic E-state index is 0.909. The van der Waals surface area contributed by atoms with Crippen molar-refractivity contribution in [1.29, 1.82) is 10.5 Å². The monoisotopic (exact) mass is 307 g/mol. The number of thioether (sulfide) groups is 2. The number of nitriles is 2. The fraction of sp³-hybridized carbons (Fsp3) is 0. The quantitative estimate of drug-likeness (QED) is 0.502. The van der Waals surface area contributed by atoms with Crippen LogP contribution in [0.2, 0.25) is 0 Å². The fourth-order valence-corrected chi connectivity index (χ4v) is 3.28. The van der Waals surface area contributed by atoms with Gasteiger partial charge in [-0.05, 0) is 59.9 Å². The molecule has 0 atom stereocenters. The van der Waals surface area contributed by atoms with Crippen LogP contribution in [0, 0.1) is 21.3 Å². The van der Waals surface area contributed by atoms with Gasteiger partial charge in [0.05, 0.1) is 11.0 Å². The third-order valence-electron chi connectivity index (χ3n) is 3.25. The maximum absolute atomic E-state index is 8.82. The lowest BCUT2D eigenvalue weighted by Crippen LogP contribution is -1.83. The van der Waals surface area contributed by atoms with Gasteiger partial charge in [-0.3, -0.25) is 0 Å². The van der Waals surface area contributed by atoms with E-state index in [9.17, 15) is 0 Å². The largest absolute Gasteiger partial charge is 0.317 e. The highest BCUT2D eigenvalue weighted by atomic mass is 32.2. The normalized spacial score (nSPS) is 10.4. The fourth-order valence-electron chi connectivity index (χ4n) is 2.44. The van der Waals surface area contributed by atoms with Crippen molar-refractivity contribution in [1.82, 2.24) is 4.57 Å². The summed E-state index contributed by atoms with van der Waals surface area (Å²) in [6, 6.07) is 11.9. The van der Waals surface area contributed by atoms with Gasteiger partial charge in [-0.1, -0.05) is 6.58 Å². The molecule has 0 amide bonds. The van der Waals surface area contributed by atoms with Gasteiger partial charge in [-0.15, -0.1) is 0 Å². The summed E-state index contributed by atoms with van der Waals surface area (Å²) in [4.78, 5) is 1.82. The van der Waals surface area contributed by atoms with Crippen LogP contribution in [0.5, 0.6) is 0 Å². The van der Waals surface area contributed by atoms with Gasteiger partial charge in [0, 0.05) is 26.8 Å². The smallest absolute Gasteiger partial charge is 0.138 e. The van der Waals surface area contributed by atoms with Crippen LogP contribution >= 0.6 is 23.5 Å². The highest BCUT2D eigenvalue weighted by Gasteiger charge is 2.10. The molecule has 0 unspecified atom stereocenters. The Morgan fingerprint density at radius 3 is 1.76 bits per heavy atom. The molecule has 3 nitrogen and oxygen atoms in total. The number of rotatable bonds is 3. The molecule has 0 spiro atoms. The van der Waals surface area contributed by atoms with Crippen molar-refractivity contribution < 1.29 is 0 Å². The van der Waals surface area contributed by atoms with E-state index < -0.39 is 0 Å². The molecular weight excluding hydrogens is 298 g/mol. The number of fused-ring (bicyclic) bond motifs is 3. The van der Waals surface area contributed by atoms with Crippen molar-refractivity contribution in [3.8, 4) is 10.8 Å². The summed E-state index contributed by atoms with van der Waals surface area (Å²) in [6.07, 6.45) is 1.78. The lowest BCUT2D eigenvalue weighted by atomic mass is 10.1. The van der Waals surface area contributed by atoms with Crippen LogP contribution in [-0.2, 0) is 0 Å². The molecule has 0 aliphatic carbocycles. The minimum absolute atomic E-state index is 0.909. The van der Waals surface area contributed by atoms with Gasteiger partial charge >= 0.3 is 0 Å². The number of hydrogen-bond acceptors (Lipinski definition) is 4. The first-order valence-electron chi connectivity index (χ1n) is 6.10. The predicted molar refractivity (Wildman–Crippen MR) is 88.8 cm³/mol. The molecule has 3 rings (SSSR count). The Morgan fingerprint density at radius 2 is 1.38 bits per heavy atom. The van der Waals surface area contributed by atoms with E-state index >= 15 is 0 Å². The first kappa shape index (κ1) is 13.6. The highest BCUT2D eigenvalue weighted by Crippen LogP contribution is 2.34. The molecule has 0 saturated heterocycles. The molecule has 0 N–H and O–H groups in total. The Morgan fingerprint density at radius 1 is 0.905 bits per heavy atom. The highest BCUT2D eigenvalue weighted by molar-refractivity contribution is 8.04. The molecule has 100 valence electrons. The first-order valence-corrected chi connectivity index (χ1v) is 7.74. The summed E-state index contributed by atoms with van der Waals surface area (Å²) >= 11 is 2.29. The van der Waals surface area contributed by atoms with E-state index in [-0.39, 0.29) is 0 Å². The third-order valence-corrected chi connectivity index (χ3v) is 4.42. The maximum atomic E-state index is 8.82. The lowest BCUT2D eigenvalue weighted by molar-refractivity contribution is 1.29. The lowest BCUT2D eigenvalue weighted by Gasteiger charge is -1.99. The number of thiocyanates is 2. The summed E-state index contributed by atoms with van der Waals surface area (Å²) < 4.78 is 2.02. The van der Waals surface area contributed by atoms with Crippen LogP contribution in [0.15, 0.2) is 52.8 Å². The van der Waals surface area contributed by atoms with E-state index in [1.807, 2.05) is 41.0 Å². The van der Waals surface area contributed by atoms with E-state index in [4.69, 9.17) is 10.5 Å². The molecule has 0 radical (unpaired) electrons. The van der Waals surface area contributed by atoms with E-state index in [1.54, 1.807) is 6.20 Å². The van der Waals surface area contributed by atoms with E-state index in [1.165, 1.54) is 0 Å². The van der Waals surface area contributed by atoms with Gasteiger partial charge in [0.25, 0.3) is 0 Å². The molecule has 0 saturated carbocycles. The zero-order valence-corrected chi connectivity index (χ0v) is 12.5. The van der Waals surface area contributed by atoms with Crippen LogP contribution < -0.4 is 0 Å². The SMILES string of the molecule is C=Cn1c2ccc(SC#N)cc2c2cc(SC#N)ccc21. The summed E-state index contributed by atoms with van der Waals surface area (Å²) in [5, 5.41) is 24.0. The third kappa shape index (κ3) is 2.27. The molecule has 0 aliphatic heterocycles. The van der Waals surface area contributed by atoms with Gasteiger partial charge in [-0.2, -0.15) is 10.5 Å². The Hall–Kier alpha value is -2.34. The number of aromatic nitrogens is 1. The second kappa shape index (κ2) is 5.57. The Kier molecular flexibility index (Phi) is 3.62. The number of hydrogen-bond donors (Lipinski definition) is 0. The standard InChI is InChI=1S/C16H9N3S2/c1-2-19-15-5-3-11(20-9-17)7-13(15)14-8-12(21-10-18)4-6-16(14)19/h2-8H,1H2. The number of benzene rings is 2. The second-order valence-corrected chi connectivity index (χ2v) is 6.01. The van der Waals surface area contributed by atoms with Crippen LogP contribution in [-0.4, -0.2) is 4.57 Å². The Bertz CT molecular complexity index is 869. The van der Waals surface area contributed by atoms with Crippen LogP contribution in [0.3, 0.4) is 0 Å². The van der Waals surface area contributed by atoms with E-state index in [2.05, 4.69) is 17.4 Å². The molecule has 5 heteroatoms. The zero-order valence-electron chi connectivity index (χ0n) is 10.9. The Labute approximate surface area is 130 Å². The van der Waals surface area contributed by atoms with Crippen molar-refractivity contribution in [2.24, 2.45) is 0 Å². The van der Waals surface area contributed by atoms with Gasteiger partial charge in [0.1, 0.15) is 10.8 Å². The summed E-state index contributed by atoms with van der Waals surface area (Å²) in [5.74, 6) is 0. The predicted octanol–water partition coefficient (Wildman–Crippen LogP) is 5.04. The first-order chi connectivity index (χ1) is 10.3. The minimum Gasteiger partial charge on any atom is -0.317 e. The molecule has 21 heavy (non-hydrogen) atoms. The Balaban J connectivity index is 2.37. The van der Waals surface area contributed by atoms with E-state index in [0.717, 1.165) is 55.1 Å². The van der Waals surface area contributed by atoms with Crippen LogP contribution in [0.1, 0.15) is 0 Å². The molecule has 1 aromatic heterocycles. The molecule has 0 aliphatic rings. The molecule has 2 aromatic carbocycles. The topological polar surface area (TPSA) is 52.5 Å². The molecular formula is C16H9N3S2. The van der Waals surface area contributed by atoms with Crippen molar-refractivity contribution in [3.05, 3.63) is 43.0 Å². The molecule has 0 fully saturated rings. The number of nitrogens with zero attached hydrogens (tertiary/aromatic N) is 3. The van der Waals surface area contributed by atoms with Crippen LogP contribution in [0.25, 0.3) is 28.0 Å². The van der Waals surface area contributed by atoms with Crippen molar-refractivity contribution in [2.45, 2.75) is 9.79 Å². The molecule has 0 bridgehead atoms. The maximum Gasteiger partial charge on any atom is 0.138 e. The van der Waals surface area contributed by atoms with Gasteiger partial charge in [-0.25, -0.2) is 0 Å². The van der Waals surface area contributed by atoms with E-state index in [0.29, 0.717) is 0 Å². The zero-order chi connectivity index (χ0) is 14.8. The summed E-state index contributed by atoms with van der Waals surface area (Å²) in [6.45, 7) is 3.87. The van der Waals surface area contributed by atoms with Gasteiger partial charge < -0.3 is 4.57 Å². The average Bonchev–Trinajstić information content (AvgIpc) is 2.81. The average molecular weight is 307 g/mol. The second-order valence-electron chi connectivity index (χ2n) is 4.30. The van der Waals surface area contributed by atoms with Gasteiger partial charge in [0.15, 0.2) is 0 Å². The molecule has 1 heterocycles. The van der Waals surface area contributed by atoms with Crippen molar-refractivity contribution in [3.63, 3.8) is 0 Å².